The van der Waals surface area contributed by atoms with Crippen LogP contribution in [-0.4, -0.2) is 30.3 Å². The van der Waals surface area contributed by atoms with Gasteiger partial charge in [-0.2, -0.15) is 0 Å². The van der Waals surface area contributed by atoms with E-state index in [2.05, 4.69) is 9.88 Å². The Labute approximate surface area is 84.4 Å². The van der Waals surface area contributed by atoms with Crippen LogP contribution in [-0.2, 0) is 0 Å². The average molecular weight is 192 g/mol. The normalized spacial score (nSPS) is 17.9. The zero-order valence-corrected chi connectivity index (χ0v) is 8.48. The van der Waals surface area contributed by atoms with Gasteiger partial charge in [0.25, 0.3) is 0 Å². The van der Waals surface area contributed by atoms with Crippen molar-refractivity contribution in [3.05, 3.63) is 24.4 Å². The molecule has 2 rings (SSSR count). The van der Waals surface area contributed by atoms with Crippen LogP contribution in [0, 0.1) is 5.41 Å². The third kappa shape index (κ3) is 1.87. The molecular formula is C11H16N2O. The van der Waals surface area contributed by atoms with E-state index >= 15 is 0 Å². The van der Waals surface area contributed by atoms with Gasteiger partial charge in [0.15, 0.2) is 0 Å². The monoisotopic (exact) mass is 192 g/mol. The van der Waals surface area contributed by atoms with Gasteiger partial charge in [-0.15, -0.1) is 0 Å². The summed E-state index contributed by atoms with van der Waals surface area (Å²) in [6, 6.07) is 5.89. The molecule has 1 aliphatic carbocycles. The summed E-state index contributed by atoms with van der Waals surface area (Å²) >= 11 is 0. The Kier molecular flexibility index (Phi) is 2.42. The van der Waals surface area contributed by atoms with E-state index in [9.17, 15) is 5.11 Å². The molecule has 0 bridgehead atoms. The maximum atomic E-state index is 9.21. The predicted octanol–water partition coefficient (Wildman–Crippen LogP) is 1.29. The lowest BCUT2D eigenvalue weighted by Crippen LogP contribution is -2.29. The fourth-order valence-electron chi connectivity index (χ4n) is 1.71. The zero-order valence-electron chi connectivity index (χ0n) is 8.48. The van der Waals surface area contributed by atoms with E-state index in [1.807, 2.05) is 25.2 Å². The molecule has 1 saturated carbocycles. The molecule has 0 aliphatic heterocycles. The second-order valence-electron chi connectivity index (χ2n) is 4.20. The van der Waals surface area contributed by atoms with Gasteiger partial charge in [-0.05, 0) is 25.0 Å². The number of aliphatic hydroxyl groups is 1. The van der Waals surface area contributed by atoms with Crippen LogP contribution >= 0.6 is 0 Å². The lowest BCUT2D eigenvalue weighted by molar-refractivity contribution is 0.215. The molecule has 1 aliphatic rings. The van der Waals surface area contributed by atoms with Crippen molar-refractivity contribution < 1.29 is 5.11 Å². The van der Waals surface area contributed by atoms with Crippen molar-refractivity contribution in [3.8, 4) is 0 Å². The molecule has 3 nitrogen and oxygen atoms in total. The second-order valence-corrected chi connectivity index (χ2v) is 4.20. The Morgan fingerprint density at radius 2 is 2.29 bits per heavy atom. The zero-order chi connectivity index (χ0) is 10.0. The predicted molar refractivity (Wildman–Crippen MR) is 56.3 cm³/mol. The quantitative estimate of drug-likeness (QED) is 0.781. The van der Waals surface area contributed by atoms with Gasteiger partial charge in [0, 0.05) is 25.2 Å². The first-order valence-corrected chi connectivity index (χ1v) is 4.99. The molecule has 0 unspecified atom stereocenters. The third-order valence-corrected chi connectivity index (χ3v) is 2.91. The van der Waals surface area contributed by atoms with E-state index in [0.29, 0.717) is 6.61 Å². The molecule has 1 fully saturated rings. The van der Waals surface area contributed by atoms with Gasteiger partial charge in [-0.1, -0.05) is 6.07 Å². The minimum atomic E-state index is 0.159. The largest absolute Gasteiger partial charge is 0.396 e. The van der Waals surface area contributed by atoms with E-state index in [1.54, 1.807) is 6.20 Å². The highest BCUT2D eigenvalue weighted by atomic mass is 16.3. The average Bonchev–Trinajstić information content (AvgIpc) is 3.00. The SMILES string of the molecule is CN(CC1(CO)CC1)c1ccccn1. The molecule has 0 amide bonds. The molecule has 1 N–H and O–H groups in total. The smallest absolute Gasteiger partial charge is 0.128 e. The number of anilines is 1. The minimum absolute atomic E-state index is 0.159. The summed E-state index contributed by atoms with van der Waals surface area (Å²) in [5.74, 6) is 0.979. The number of hydrogen-bond donors (Lipinski definition) is 1. The summed E-state index contributed by atoms with van der Waals surface area (Å²) in [6.45, 7) is 1.20. The van der Waals surface area contributed by atoms with Gasteiger partial charge in [0.2, 0.25) is 0 Å². The Bertz CT molecular complexity index is 295. The van der Waals surface area contributed by atoms with E-state index in [4.69, 9.17) is 0 Å². The molecule has 1 aromatic heterocycles. The molecule has 1 aromatic rings. The van der Waals surface area contributed by atoms with Gasteiger partial charge < -0.3 is 10.0 Å². The van der Waals surface area contributed by atoms with Gasteiger partial charge in [0.05, 0.1) is 6.61 Å². The number of pyridine rings is 1. The Balaban J connectivity index is 1.99. The van der Waals surface area contributed by atoms with Crippen LogP contribution in [0.2, 0.25) is 0 Å². The van der Waals surface area contributed by atoms with Crippen molar-refractivity contribution >= 4 is 5.82 Å². The van der Waals surface area contributed by atoms with Crippen molar-refractivity contribution in [1.29, 1.82) is 0 Å². The number of nitrogens with zero attached hydrogens (tertiary/aromatic N) is 2. The van der Waals surface area contributed by atoms with Crippen LogP contribution in [0.25, 0.3) is 0 Å². The molecule has 0 aromatic carbocycles. The fourth-order valence-corrected chi connectivity index (χ4v) is 1.71. The van der Waals surface area contributed by atoms with Gasteiger partial charge in [0.1, 0.15) is 5.82 Å². The summed E-state index contributed by atoms with van der Waals surface area (Å²) < 4.78 is 0. The van der Waals surface area contributed by atoms with E-state index in [0.717, 1.165) is 25.2 Å². The van der Waals surface area contributed by atoms with Crippen molar-refractivity contribution in [1.82, 2.24) is 4.98 Å². The maximum Gasteiger partial charge on any atom is 0.128 e. The van der Waals surface area contributed by atoms with Crippen LogP contribution in [0.4, 0.5) is 5.82 Å². The molecule has 0 radical (unpaired) electrons. The lowest BCUT2D eigenvalue weighted by atomic mass is 10.1. The highest BCUT2D eigenvalue weighted by Crippen LogP contribution is 2.45. The Morgan fingerprint density at radius 3 is 2.79 bits per heavy atom. The molecule has 3 heteroatoms. The molecule has 0 spiro atoms. The van der Waals surface area contributed by atoms with Crippen molar-refractivity contribution in [2.24, 2.45) is 5.41 Å². The Morgan fingerprint density at radius 1 is 1.50 bits per heavy atom. The number of aromatic nitrogens is 1. The summed E-state index contributed by atoms with van der Waals surface area (Å²) in [5, 5.41) is 9.21. The van der Waals surface area contributed by atoms with Crippen LogP contribution in [0.5, 0.6) is 0 Å². The molecule has 1 heterocycles. The van der Waals surface area contributed by atoms with E-state index in [-0.39, 0.29) is 5.41 Å². The number of rotatable bonds is 4. The highest BCUT2D eigenvalue weighted by Gasteiger charge is 2.42. The van der Waals surface area contributed by atoms with Gasteiger partial charge in [-0.3, -0.25) is 0 Å². The highest BCUT2D eigenvalue weighted by molar-refractivity contribution is 5.37. The molecular weight excluding hydrogens is 176 g/mol. The van der Waals surface area contributed by atoms with Crippen LogP contribution in [0.3, 0.4) is 0 Å². The second kappa shape index (κ2) is 3.58. The molecule has 76 valence electrons. The van der Waals surface area contributed by atoms with Crippen molar-refractivity contribution in [2.75, 3.05) is 25.1 Å². The van der Waals surface area contributed by atoms with Crippen LogP contribution in [0.1, 0.15) is 12.8 Å². The standard InChI is InChI=1S/C11H16N2O/c1-13(8-11(9-14)5-6-11)10-4-2-3-7-12-10/h2-4,7,14H,5-6,8-9H2,1H3. The lowest BCUT2D eigenvalue weighted by Gasteiger charge is -2.23. The van der Waals surface area contributed by atoms with E-state index < -0.39 is 0 Å². The summed E-state index contributed by atoms with van der Waals surface area (Å²) in [6.07, 6.45) is 4.08. The molecule has 0 atom stereocenters. The number of aliphatic hydroxyl groups excluding tert-OH is 1. The first kappa shape index (κ1) is 9.46. The molecule has 14 heavy (non-hydrogen) atoms. The van der Waals surface area contributed by atoms with Crippen molar-refractivity contribution in [3.63, 3.8) is 0 Å². The Hall–Kier alpha value is -1.09. The first-order valence-electron chi connectivity index (χ1n) is 4.99. The molecule has 0 saturated heterocycles. The third-order valence-electron chi connectivity index (χ3n) is 2.91. The topological polar surface area (TPSA) is 36.4 Å². The van der Waals surface area contributed by atoms with E-state index in [1.165, 1.54) is 0 Å². The summed E-state index contributed by atoms with van der Waals surface area (Å²) in [4.78, 5) is 6.38. The number of hydrogen-bond acceptors (Lipinski definition) is 3. The first-order chi connectivity index (χ1) is 6.76. The summed E-state index contributed by atoms with van der Waals surface area (Å²) in [5.41, 5.74) is 0.159. The van der Waals surface area contributed by atoms with Gasteiger partial charge >= 0.3 is 0 Å². The van der Waals surface area contributed by atoms with Crippen LogP contribution in [0.15, 0.2) is 24.4 Å². The van der Waals surface area contributed by atoms with Gasteiger partial charge in [-0.25, -0.2) is 4.98 Å². The maximum absolute atomic E-state index is 9.21. The fraction of sp³-hybridized carbons (Fsp3) is 0.545. The minimum Gasteiger partial charge on any atom is -0.396 e. The van der Waals surface area contributed by atoms with Crippen LogP contribution < -0.4 is 4.90 Å². The van der Waals surface area contributed by atoms with Crippen molar-refractivity contribution in [2.45, 2.75) is 12.8 Å². The summed E-state index contributed by atoms with van der Waals surface area (Å²) in [7, 11) is 2.03.